The monoisotopic (exact) mass is 481 g/mol. The molecule has 34 heavy (non-hydrogen) atoms. The molecular formula is C24H23N3O6S. The van der Waals surface area contributed by atoms with Crippen molar-refractivity contribution in [1.29, 1.82) is 0 Å². The topological polar surface area (TPSA) is 109 Å². The van der Waals surface area contributed by atoms with Crippen LogP contribution in [0.15, 0.2) is 70.4 Å². The number of hydrogen-bond donors (Lipinski definition) is 1. The summed E-state index contributed by atoms with van der Waals surface area (Å²) in [6.07, 6.45) is 0. The molecule has 9 nitrogen and oxygen atoms in total. The van der Waals surface area contributed by atoms with Crippen LogP contribution in [0.3, 0.4) is 0 Å². The smallest absolute Gasteiger partial charge is 0.261 e. The van der Waals surface area contributed by atoms with E-state index >= 15 is 0 Å². The van der Waals surface area contributed by atoms with Gasteiger partial charge >= 0.3 is 0 Å². The summed E-state index contributed by atoms with van der Waals surface area (Å²) < 4.78 is 38.5. The van der Waals surface area contributed by atoms with Crippen LogP contribution in [-0.4, -0.2) is 67.9 Å². The summed E-state index contributed by atoms with van der Waals surface area (Å²) >= 11 is 0. The molecule has 10 heteroatoms. The van der Waals surface area contributed by atoms with Crippen LogP contribution in [0.5, 0.6) is 11.5 Å². The first-order chi connectivity index (χ1) is 16.4. The molecule has 3 heterocycles. The lowest BCUT2D eigenvalue weighted by Gasteiger charge is -2.34. The molecule has 0 saturated carbocycles. The van der Waals surface area contributed by atoms with Gasteiger partial charge in [-0.15, -0.1) is 0 Å². The molecule has 1 saturated heterocycles. The molecule has 2 aliphatic heterocycles. The minimum Gasteiger partial charge on any atom is -0.486 e. The van der Waals surface area contributed by atoms with Gasteiger partial charge in [0.25, 0.3) is 11.5 Å². The van der Waals surface area contributed by atoms with E-state index in [0.29, 0.717) is 30.4 Å². The lowest BCUT2D eigenvalue weighted by Crippen LogP contribution is -2.51. The minimum atomic E-state index is -3.76. The van der Waals surface area contributed by atoms with E-state index < -0.39 is 21.5 Å². The molecule has 2 aliphatic rings. The number of aromatic amines is 1. The standard InChI is InChI=1S/C24H23N3O6S/c28-23-19(7-8-20(25-23)17-4-2-1-3-5-17)24(29)26-10-12-27(13-11-26)34(30,31)18-6-9-21-22(16-18)33-15-14-32-21/h1-9,16H,10-15H2,(H,25,28). The van der Waals surface area contributed by atoms with Crippen molar-refractivity contribution < 1.29 is 22.7 Å². The third-order valence-corrected chi connectivity index (χ3v) is 7.80. The molecule has 0 aliphatic carbocycles. The van der Waals surface area contributed by atoms with E-state index in [2.05, 4.69) is 4.98 Å². The molecule has 0 bridgehead atoms. The first-order valence-electron chi connectivity index (χ1n) is 10.9. The average molecular weight is 482 g/mol. The van der Waals surface area contributed by atoms with Gasteiger partial charge in [0.05, 0.1) is 4.90 Å². The zero-order chi connectivity index (χ0) is 23.7. The molecule has 0 spiro atoms. The highest BCUT2D eigenvalue weighted by atomic mass is 32.2. The lowest BCUT2D eigenvalue weighted by molar-refractivity contribution is 0.0696. The number of amides is 1. The number of nitrogens with one attached hydrogen (secondary N) is 1. The van der Waals surface area contributed by atoms with Crippen molar-refractivity contribution in [2.24, 2.45) is 0 Å². The Labute approximate surface area is 196 Å². The van der Waals surface area contributed by atoms with Crippen molar-refractivity contribution in [2.45, 2.75) is 4.90 Å². The Morgan fingerprint density at radius 2 is 1.56 bits per heavy atom. The first-order valence-corrected chi connectivity index (χ1v) is 12.4. The number of benzene rings is 2. The number of hydrogen-bond acceptors (Lipinski definition) is 6. The number of ether oxygens (including phenoxy) is 2. The Morgan fingerprint density at radius 1 is 0.853 bits per heavy atom. The van der Waals surface area contributed by atoms with Gasteiger partial charge < -0.3 is 19.4 Å². The van der Waals surface area contributed by atoms with E-state index in [1.54, 1.807) is 12.1 Å². The van der Waals surface area contributed by atoms with Crippen LogP contribution in [0.1, 0.15) is 10.4 Å². The van der Waals surface area contributed by atoms with Gasteiger partial charge in [0, 0.05) is 37.9 Å². The second-order valence-corrected chi connectivity index (χ2v) is 9.92. The Bertz CT molecular complexity index is 1380. The summed E-state index contributed by atoms with van der Waals surface area (Å²) in [5.41, 5.74) is 1.02. The van der Waals surface area contributed by atoms with E-state index in [1.165, 1.54) is 27.4 Å². The van der Waals surface area contributed by atoms with Gasteiger partial charge in [-0.2, -0.15) is 4.31 Å². The van der Waals surface area contributed by atoms with Gasteiger partial charge in [0.15, 0.2) is 11.5 Å². The summed E-state index contributed by atoms with van der Waals surface area (Å²) in [6, 6.07) is 17.1. The van der Waals surface area contributed by atoms with Gasteiger partial charge in [0.2, 0.25) is 10.0 Å². The molecule has 5 rings (SSSR count). The van der Waals surface area contributed by atoms with Crippen LogP contribution >= 0.6 is 0 Å². The molecule has 1 fully saturated rings. The Hall–Kier alpha value is -3.63. The fourth-order valence-electron chi connectivity index (χ4n) is 4.06. The van der Waals surface area contributed by atoms with Crippen molar-refractivity contribution in [1.82, 2.24) is 14.2 Å². The summed E-state index contributed by atoms with van der Waals surface area (Å²) in [5.74, 6) is 0.501. The maximum Gasteiger partial charge on any atom is 0.261 e. The number of nitrogens with zero attached hydrogens (tertiary/aromatic N) is 2. The summed E-state index contributed by atoms with van der Waals surface area (Å²) in [4.78, 5) is 29.9. The summed E-state index contributed by atoms with van der Waals surface area (Å²) in [6.45, 7) is 1.41. The summed E-state index contributed by atoms with van der Waals surface area (Å²) in [7, 11) is -3.76. The first kappa shape index (κ1) is 22.2. The van der Waals surface area contributed by atoms with Crippen molar-refractivity contribution in [2.75, 3.05) is 39.4 Å². The van der Waals surface area contributed by atoms with Gasteiger partial charge in [0.1, 0.15) is 18.8 Å². The third kappa shape index (κ3) is 4.17. The molecule has 1 aromatic heterocycles. The normalized spacial score (nSPS) is 16.3. The Balaban J connectivity index is 1.28. The van der Waals surface area contributed by atoms with Crippen molar-refractivity contribution in [3.05, 3.63) is 76.6 Å². The predicted molar refractivity (Wildman–Crippen MR) is 125 cm³/mol. The third-order valence-electron chi connectivity index (χ3n) is 5.90. The number of sulfonamides is 1. The SMILES string of the molecule is O=C(c1ccc(-c2ccccc2)[nH]c1=O)N1CCN(S(=O)(=O)c2ccc3c(c2)OCCO3)CC1. The van der Waals surface area contributed by atoms with E-state index in [4.69, 9.17) is 9.47 Å². The number of piperazine rings is 1. The van der Waals surface area contributed by atoms with Gasteiger partial charge in [-0.3, -0.25) is 9.59 Å². The van der Waals surface area contributed by atoms with E-state index in [0.717, 1.165) is 5.56 Å². The molecule has 176 valence electrons. The molecule has 0 radical (unpaired) electrons. The molecule has 1 N–H and O–H groups in total. The van der Waals surface area contributed by atoms with Crippen LogP contribution in [0.2, 0.25) is 0 Å². The second kappa shape index (κ2) is 8.96. The summed E-state index contributed by atoms with van der Waals surface area (Å²) in [5, 5.41) is 0. The number of rotatable bonds is 4. The molecule has 0 atom stereocenters. The van der Waals surface area contributed by atoms with Crippen LogP contribution in [0, 0.1) is 0 Å². The Kier molecular flexibility index (Phi) is 5.84. The zero-order valence-electron chi connectivity index (χ0n) is 18.3. The van der Waals surface area contributed by atoms with Crippen LogP contribution in [0.25, 0.3) is 11.3 Å². The zero-order valence-corrected chi connectivity index (χ0v) is 19.1. The lowest BCUT2D eigenvalue weighted by atomic mass is 10.1. The molecule has 0 unspecified atom stereocenters. The van der Waals surface area contributed by atoms with Crippen LogP contribution in [0.4, 0.5) is 0 Å². The molecule has 1 amide bonds. The van der Waals surface area contributed by atoms with Crippen molar-refractivity contribution in [3.63, 3.8) is 0 Å². The number of H-pyrrole nitrogens is 1. The van der Waals surface area contributed by atoms with Crippen molar-refractivity contribution in [3.8, 4) is 22.8 Å². The maximum atomic E-state index is 13.1. The van der Waals surface area contributed by atoms with E-state index in [-0.39, 0.29) is 36.6 Å². The number of fused-ring (bicyclic) bond motifs is 1. The number of pyridine rings is 1. The average Bonchev–Trinajstić information content (AvgIpc) is 2.88. The van der Waals surface area contributed by atoms with Crippen LogP contribution in [-0.2, 0) is 10.0 Å². The quantitative estimate of drug-likeness (QED) is 0.610. The number of carbonyl (C=O) groups excluding carboxylic acids is 1. The van der Waals surface area contributed by atoms with Gasteiger partial charge in [-0.1, -0.05) is 30.3 Å². The number of carbonyl (C=O) groups is 1. The Morgan fingerprint density at radius 3 is 2.26 bits per heavy atom. The molecule has 2 aromatic carbocycles. The largest absolute Gasteiger partial charge is 0.486 e. The second-order valence-electron chi connectivity index (χ2n) is 7.98. The van der Waals surface area contributed by atoms with Crippen molar-refractivity contribution >= 4 is 15.9 Å². The number of aromatic nitrogens is 1. The van der Waals surface area contributed by atoms with E-state index in [1.807, 2.05) is 30.3 Å². The highest BCUT2D eigenvalue weighted by Crippen LogP contribution is 2.33. The van der Waals surface area contributed by atoms with E-state index in [9.17, 15) is 18.0 Å². The highest BCUT2D eigenvalue weighted by Gasteiger charge is 2.32. The maximum absolute atomic E-state index is 13.1. The fraction of sp³-hybridized carbons (Fsp3) is 0.250. The minimum absolute atomic E-state index is 0.0304. The van der Waals surface area contributed by atoms with Gasteiger partial charge in [-0.25, -0.2) is 8.42 Å². The predicted octanol–water partition coefficient (Wildman–Crippen LogP) is 1.96. The highest BCUT2D eigenvalue weighted by molar-refractivity contribution is 7.89. The van der Waals surface area contributed by atoms with Crippen LogP contribution < -0.4 is 15.0 Å². The molecular weight excluding hydrogens is 458 g/mol. The molecule has 3 aromatic rings. The fourth-order valence-corrected chi connectivity index (χ4v) is 5.50. The van der Waals surface area contributed by atoms with Gasteiger partial charge in [-0.05, 0) is 29.8 Å².